The number of thioether (sulfide) groups is 1. The van der Waals surface area contributed by atoms with Crippen molar-refractivity contribution in [1.82, 2.24) is 5.32 Å². The molecule has 0 aliphatic carbocycles. The van der Waals surface area contributed by atoms with Gasteiger partial charge >= 0.3 is 5.97 Å². The Balaban J connectivity index is 2.69. The summed E-state index contributed by atoms with van der Waals surface area (Å²) in [6.45, 7) is 4.39. The van der Waals surface area contributed by atoms with Gasteiger partial charge in [-0.15, -0.1) is 11.8 Å². The van der Waals surface area contributed by atoms with Gasteiger partial charge in [-0.3, -0.25) is 10.1 Å². The third kappa shape index (κ3) is 3.50. The van der Waals surface area contributed by atoms with Crippen LogP contribution in [-0.2, 0) is 11.3 Å². The number of carbonyl (C=O) groups is 1. The fourth-order valence-electron chi connectivity index (χ4n) is 1.89. The van der Waals surface area contributed by atoms with Crippen LogP contribution in [0, 0.1) is 0 Å². The molecular weight excluding hydrogens is 246 g/mol. The summed E-state index contributed by atoms with van der Waals surface area (Å²) in [5.74, 6) is -0.770. The van der Waals surface area contributed by atoms with Crippen LogP contribution in [0.2, 0.25) is 0 Å². The van der Waals surface area contributed by atoms with Crippen molar-refractivity contribution in [2.24, 2.45) is 0 Å². The molecule has 18 heavy (non-hydrogen) atoms. The predicted octanol–water partition coefficient (Wildman–Crippen LogP) is 3.14. The molecule has 0 bridgehead atoms. The standard InChI is InChI=1S/C14H21NO2S/c1-4-14(5-2,13(16)17)15-10-11-6-8-12(18-3)9-7-11/h6-9,15H,4-5,10H2,1-3H3,(H,16,17). The maximum atomic E-state index is 11.3. The number of nitrogens with one attached hydrogen (secondary N) is 1. The van der Waals surface area contributed by atoms with E-state index >= 15 is 0 Å². The Morgan fingerprint density at radius 1 is 1.28 bits per heavy atom. The summed E-state index contributed by atoms with van der Waals surface area (Å²) in [6, 6.07) is 8.19. The molecule has 1 aromatic carbocycles. The van der Waals surface area contributed by atoms with Gasteiger partial charge in [0.1, 0.15) is 5.54 Å². The van der Waals surface area contributed by atoms with Crippen molar-refractivity contribution < 1.29 is 9.90 Å². The van der Waals surface area contributed by atoms with Crippen molar-refractivity contribution in [2.75, 3.05) is 6.26 Å². The van der Waals surface area contributed by atoms with Gasteiger partial charge in [-0.25, -0.2) is 0 Å². The minimum absolute atomic E-state index is 0.585. The first-order valence-corrected chi connectivity index (χ1v) is 7.41. The summed E-state index contributed by atoms with van der Waals surface area (Å²) < 4.78 is 0. The van der Waals surface area contributed by atoms with E-state index in [0.29, 0.717) is 19.4 Å². The van der Waals surface area contributed by atoms with Gasteiger partial charge in [-0.05, 0) is 36.8 Å². The third-order valence-electron chi connectivity index (χ3n) is 3.41. The molecule has 0 amide bonds. The summed E-state index contributed by atoms with van der Waals surface area (Å²) >= 11 is 1.70. The van der Waals surface area contributed by atoms with E-state index in [9.17, 15) is 9.90 Å². The highest BCUT2D eigenvalue weighted by Crippen LogP contribution is 2.18. The van der Waals surface area contributed by atoms with Crippen LogP contribution in [0.4, 0.5) is 0 Å². The van der Waals surface area contributed by atoms with Gasteiger partial charge in [0.25, 0.3) is 0 Å². The Kier molecular flexibility index (Phi) is 5.69. The topological polar surface area (TPSA) is 49.3 Å². The minimum Gasteiger partial charge on any atom is -0.480 e. The van der Waals surface area contributed by atoms with Crippen molar-refractivity contribution >= 4 is 17.7 Å². The van der Waals surface area contributed by atoms with Crippen LogP contribution in [0.3, 0.4) is 0 Å². The van der Waals surface area contributed by atoms with Gasteiger partial charge in [0.2, 0.25) is 0 Å². The van der Waals surface area contributed by atoms with Crippen LogP contribution >= 0.6 is 11.8 Å². The number of hydrogen-bond acceptors (Lipinski definition) is 3. The highest BCUT2D eigenvalue weighted by atomic mass is 32.2. The largest absolute Gasteiger partial charge is 0.480 e. The lowest BCUT2D eigenvalue weighted by Gasteiger charge is -2.28. The number of carboxylic acid groups (broad SMARTS) is 1. The average molecular weight is 267 g/mol. The van der Waals surface area contributed by atoms with E-state index in [1.54, 1.807) is 11.8 Å². The van der Waals surface area contributed by atoms with Crippen molar-refractivity contribution in [3.8, 4) is 0 Å². The smallest absolute Gasteiger partial charge is 0.323 e. The molecule has 2 N–H and O–H groups in total. The molecule has 0 aromatic heterocycles. The Labute approximate surface area is 113 Å². The molecule has 1 aromatic rings. The lowest BCUT2D eigenvalue weighted by molar-refractivity contribution is -0.145. The van der Waals surface area contributed by atoms with Gasteiger partial charge < -0.3 is 5.11 Å². The number of aliphatic carboxylic acids is 1. The Morgan fingerprint density at radius 2 is 1.83 bits per heavy atom. The zero-order chi connectivity index (χ0) is 13.6. The fraction of sp³-hybridized carbons (Fsp3) is 0.500. The molecule has 0 radical (unpaired) electrons. The third-order valence-corrected chi connectivity index (χ3v) is 4.15. The maximum Gasteiger partial charge on any atom is 0.323 e. The first kappa shape index (κ1) is 15.1. The van der Waals surface area contributed by atoms with Gasteiger partial charge in [0.05, 0.1) is 0 Å². The van der Waals surface area contributed by atoms with Crippen LogP contribution in [0.1, 0.15) is 32.3 Å². The summed E-state index contributed by atoms with van der Waals surface area (Å²) in [4.78, 5) is 12.6. The van der Waals surface area contributed by atoms with Crippen molar-refractivity contribution in [1.29, 1.82) is 0 Å². The molecule has 0 saturated carbocycles. The number of benzene rings is 1. The van der Waals surface area contributed by atoms with Crippen molar-refractivity contribution in [2.45, 2.75) is 43.7 Å². The molecular formula is C14H21NO2S. The lowest BCUT2D eigenvalue weighted by Crippen LogP contribution is -2.50. The number of carboxylic acids is 1. The predicted molar refractivity (Wildman–Crippen MR) is 76.0 cm³/mol. The normalized spacial score (nSPS) is 11.5. The molecule has 0 spiro atoms. The molecule has 0 fully saturated rings. The minimum atomic E-state index is -0.807. The number of rotatable bonds is 7. The van der Waals surface area contributed by atoms with E-state index < -0.39 is 11.5 Å². The van der Waals surface area contributed by atoms with Crippen LogP contribution in [-0.4, -0.2) is 22.9 Å². The molecule has 4 heteroatoms. The second kappa shape index (κ2) is 6.81. The van der Waals surface area contributed by atoms with Crippen molar-refractivity contribution in [3.63, 3.8) is 0 Å². The Bertz CT molecular complexity index is 385. The zero-order valence-corrected chi connectivity index (χ0v) is 12.0. The average Bonchev–Trinajstić information content (AvgIpc) is 2.41. The van der Waals surface area contributed by atoms with E-state index in [1.165, 1.54) is 4.90 Å². The monoisotopic (exact) mass is 267 g/mol. The van der Waals surface area contributed by atoms with E-state index in [1.807, 2.05) is 32.2 Å². The zero-order valence-electron chi connectivity index (χ0n) is 11.2. The summed E-state index contributed by atoms with van der Waals surface area (Å²) in [6.07, 6.45) is 3.21. The maximum absolute atomic E-state index is 11.3. The van der Waals surface area contributed by atoms with E-state index in [4.69, 9.17) is 0 Å². The molecule has 0 aliphatic heterocycles. The van der Waals surface area contributed by atoms with Gasteiger partial charge in [-0.2, -0.15) is 0 Å². The summed E-state index contributed by atoms with van der Waals surface area (Å²) in [5, 5.41) is 12.5. The molecule has 0 aliphatic rings. The van der Waals surface area contributed by atoms with Gasteiger partial charge in [0, 0.05) is 11.4 Å². The molecule has 100 valence electrons. The van der Waals surface area contributed by atoms with Crippen LogP contribution in [0.15, 0.2) is 29.2 Å². The molecule has 0 unspecified atom stereocenters. The van der Waals surface area contributed by atoms with Gasteiger partial charge in [-0.1, -0.05) is 26.0 Å². The Morgan fingerprint density at radius 3 is 2.22 bits per heavy atom. The highest BCUT2D eigenvalue weighted by Gasteiger charge is 2.33. The fourth-order valence-corrected chi connectivity index (χ4v) is 2.30. The first-order chi connectivity index (χ1) is 8.57. The van der Waals surface area contributed by atoms with Crippen LogP contribution in [0.5, 0.6) is 0 Å². The number of hydrogen-bond donors (Lipinski definition) is 2. The van der Waals surface area contributed by atoms with E-state index in [0.717, 1.165) is 5.56 Å². The van der Waals surface area contributed by atoms with Crippen molar-refractivity contribution in [3.05, 3.63) is 29.8 Å². The molecule has 3 nitrogen and oxygen atoms in total. The lowest BCUT2D eigenvalue weighted by atomic mass is 9.92. The molecule has 0 atom stereocenters. The van der Waals surface area contributed by atoms with Crippen LogP contribution in [0.25, 0.3) is 0 Å². The molecule has 0 saturated heterocycles. The van der Waals surface area contributed by atoms with E-state index in [-0.39, 0.29) is 0 Å². The van der Waals surface area contributed by atoms with Gasteiger partial charge in [0.15, 0.2) is 0 Å². The highest BCUT2D eigenvalue weighted by molar-refractivity contribution is 7.98. The second-order valence-corrected chi connectivity index (χ2v) is 5.18. The molecule has 1 rings (SSSR count). The summed E-state index contributed by atoms with van der Waals surface area (Å²) in [5.41, 5.74) is 0.304. The Hall–Kier alpha value is -1.00. The van der Waals surface area contributed by atoms with E-state index in [2.05, 4.69) is 17.4 Å². The SMILES string of the molecule is CCC(CC)(NCc1ccc(SC)cc1)C(=O)O. The molecule has 0 heterocycles. The summed E-state index contributed by atoms with van der Waals surface area (Å²) in [7, 11) is 0. The quantitative estimate of drug-likeness (QED) is 0.745. The second-order valence-electron chi connectivity index (χ2n) is 4.30. The van der Waals surface area contributed by atoms with Crippen LogP contribution < -0.4 is 5.32 Å². The first-order valence-electron chi connectivity index (χ1n) is 6.19.